The molecule has 1 N–H and O–H groups in total. The van der Waals surface area contributed by atoms with Gasteiger partial charge in [0.15, 0.2) is 0 Å². The molecule has 0 heterocycles. The topological polar surface area (TPSA) is 21.3 Å². The normalized spacial score (nSPS) is 13.7. The highest BCUT2D eigenvalue weighted by Crippen LogP contribution is 2.17. The molecule has 0 radical (unpaired) electrons. The second-order valence-corrected chi connectivity index (χ2v) is 5.40. The van der Waals surface area contributed by atoms with Crippen LogP contribution >= 0.6 is 0 Å². The summed E-state index contributed by atoms with van der Waals surface area (Å²) >= 11 is 0. The highest BCUT2D eigenvalue weighted by molar-refractivity contribution is 5.25. The minimum Gasteiger partial charge on any atom is -0.379 e. The van der Waals surface area contributed by atoms with Crippen LogP contribution < -0.4 is 5.32 Å². The zero-order chi connectivity index (χ0) is 13.8. The zero-order valence-corrected chi connectivity index (χ0v) is 12.0. The van der Waals surface area contributed by atoms with E-state index in [1.165, 1.54) is 0 Å². The highest BCUT2D eigenvalue weighted by Gasteiger charge is 2.16. The molecular weight excluding hydrogens is 229 g/mol. The summed E-state index contributed by atoms with van der Waals surface area (Å²) in [5.41, 5.74) is 1.55. The van der Waals surface area contributed by atoms with E-state index in [2.05, 4.69) is 19.2 Å². The average molecular weight is 253 g/mol. The quantitative estimate of drug-likeness (QED) is 0.836. The van der Waals surface area contributed by atoms with Gasteiger partial charge in [-0.1, -0.05) is 12.1 Å². The van der Waals surface area contributed by atoms with E-state index >= 15 is 0 Å². The van der Waals surface area contributed by atoms with Gasteiger partial charge in [0.25, 0.3) is 0 Å². The van der Waals surface area contributed by atoms with Crippen LogP contribution in [0.2, 0.25) is 0 Å². The lowest BCUT2D eigenvalue weighted by atomic mass is 10.0. The van der Waals surface area contributed by atoms with E-state index in [1.54, 1.807) is 20.1 Å². The van der Waals surface area contributed by atoms with E-state index in [0.717, 1.165) is 18.5 Å². The first-order chi connectivity index (χ1) is 8.35. The maximum absolute atomic E-state index is 13.5. The fourth-order valence-electron chi connectivity index (χ4n) is 1.69. The van der Waals surface area contributed by atoms with Crippen LogP contribution in [0.5, 0.6) is 0 Å². The van der Waals surface area contributed by atoms with Crippen LogP contribution in [0.4, 0.5) is 4.39 Å². The highest BCUT2D eigenvalue weighted by atomic mass is 19.1. The van der Waals surface area contributed by atoms with Crippen LogP contribution in [0.1, 0.15) is 44.4 Å². The molecule has 0 aromatic heterocycles. The molecule has 2 nitrogen and oxygen atoms in total. The van der Waals surface area contributed by atoms with Crippen LogP contribution in [0.3, 0.4) is 0 Å². The second-order valence-electron chi connectivity index (χ2n) is 5.40. The first-order valence-corrected chi connectivity index (χ1v) is 6.40. The first-order valence-electron chi connectivity index (χ1n) is 6.40. The van der Waals surface area contributed by atoms with Crippen molar-refractivity contribution in [3.8, 4) is 0 Å². The molecule has 1 unspecified atom stereocenters. The SMILES string of the molecule is COC(C)(C)CCNC(C)c1ccc(C)c(F)c1. The molecule has 0 aliphatic carbocycles. The molecule has 18 heavy (non-hydrogen) atoms. The van der Waals surface area contributed by atoms with Crippen molar-refractivity contribution >= 4 is 0 Å². The van der Waals surface area contributed by atoms with Crippen molar-refractivity contribution in [2.75, 3.05) is 13.7 Å². The van der Waals surface area contributed by atoms with Gasteiger partial charge in [-0.15, -0.1) is 0 Å². The number of hydrogen-bond donors (Lipinski definition) is 1. The van der Waals surface area contributed by atoms with Gasteiger partial charge >= 0.3 is 0 Å². The number of benzene rings is 1. The minimum absolute atomic E-state index is 0.120. The third-order valence-electron chi connectivity index (χ3n) is 3.43. The van der Waals surface area contributed by atoms with Crippen LogP contribution in [-0.2, 0) is 4.74 Å². The maximum atomic E-state index is 13.5. The molecule has 0 bridgehead atoms. The summed E-state index contributed by atoms with van der Waals surface area (Å²) in [6, 6.07) is 5.54. The molecule has 0 spiro atoms. The maximum Gasteiger partial charge on any atom is 0.126 e. The fourth-order valence-corrected chi connectivity index (χ4v) is 1.69. The van der Waals surface area contributed by atoms with E-state index in [4.69, 9.17) is 4.74 Å². The lowest BCUT2D eigenvalue weighted by Gasteiger charge is -2.24. The largest absolute Gasteiger partial charge is 0.379 e. The van der Waals surface area contributed by atoms with Crippen LogP contribution in [-0.4, -0.2) is 19.3 Å². The molecule has 0 fully saturated rings. The van der Waals surface area contributed by atoms with Crippen molar-refractivity contribution in [3.05, 3.63) is 35.1 Å². The van der Waals surface area contributed by atoms with E-state index in [9.17, 15) is 4.39 Å². The predicted molar refractivity (Wildman–Crippen MR) is 73.3 cm³/mol. The number of hydrogen-bond acceptors (Lipinski definition) is 2. The molecule has 0 saturated heterocycles. The van der Waals surface area contributed by atoms with Gasteiger partial charge in [-0.05, 0) is 57.9 Å². The van der Waals surface area contributed by atoms with Gasteiger partial charge in [-0.2, -0.15) is 0 Å². The lowest BCUT2D eigenvalue weighted by molar-refractivity contribution is 0.0154. The summed E-state index contributed by atoms with van der Waals surface area (Å²) in [6.07, 6.45) is 0.919. The Hall–Kier alpha value is -0.930. The summed E-state index contributed by atoms with van der Waals surface area (Å²) in [4.78, 5) is 0. The molecule has 0 aliphatic rings. The van der Waals surface area contributed by atoms with Crippen LogP contribution in [0.15, 0.2) is 18.2 Å². The van der Waals surface area contributed by atoms with E-state index in [1.807, 2.05) is 19.1 Å². The Morgan fingerprint density at radius 3 is 2.61 bits per heavy atom. The number of aryl methyl sites for hydroxylation is 1. The van der Waals surface area contributed by atoms with Gasteiger partial charge in [0.2, 0.25) is 0 Å². The van der Waals surface area contributed by atoms with Crippen LogP contribution in [0, 0.1) is 12.7 Å². The van der Waals surface area contributed by atoms with Crippen molar-refractivity contribution in [1.29, 1.82) is 0 Å². The molecule has 1 aromatic carbocycles. The van der Waals surface area contributed by atoms with Gasteiger partial charge in [0.1, 0.15) is 5.82 Å². The molecule has 1 rings (SSSR count). The van der Waals surface area contributed by atoms with Crippen molar-refractivity contribution in [3.63, 3.8) is 0 Å². The van der Waals surface area contributed by atoms with Gasteiger partial charge in [-0.3, -0.25) is 0 Å². The van der Waals surface area contributed by atoms with Gasteiger partial charge in [0.05, 0.1) is 5.60 Å². The number of halogens is 1. The molecule has 1 aromatic rings. The number of ether oxygens (including phenoxy) is 1. The minimum atomic E-state index is -0.140. The molecule has 102 valence electrons. The summed E-state index contributed by atoms with van der Waals surface area (Å²) < 4.78 is 18.8. The summed E-state index contributed by atoms with van der Waals surface area (Å²) in [6.45, 7) is 8.79. The predicted octanol–water partition coefficient (Wildman–Crippen LogP) is 3.60. The van der Waals surface area contributed by atoms with E-state index in [0.29, 0.717) is 5.56 Å². The van der Waals surface area contributed by atoms with Gasteiger partial charge < -0.3 is 10.1 Å². The van der Waals surface area contributed by atoms with Crippen LogP contribution in [0.25, 0.3) is 0 Å². The molecule has 3 heteroatoms. The Kier molecular flexibility index (Phi) is 5.29. The van der Waals surface area contributed by atoms with Crippen molar-refractivity contribution < 1.29 is 9.13 Å². The zero-order valence-electron chi connectivity index (χ0n) is 12.0. The Bertz CT molecular complexity index is 390. The molecule has 0 aliphatic heterocycles. The van der Waals surface area contributed by atoms with Gasteiger partial charge in [0, 0.05) is 13.2 Å². The molecular formula is C15H24FNO. The Balaban J connectivity index is 2.50. The molecule has 0 saturated carbocycles. The van der Waals surface area contributed by atoms with E-state index < -0.39 is 0 Å². The second kappa shape index (κ2) is 6.30. The lowest BCUT2D eigenvalue weighted by Crippen LogP contribution is -2.30. The summed E-state index contributed by atoms with van der Waals surface area (Å²) in [5.74, 6) is -0.140. The van der Waals surface area contributed by atoms with Crippen molar-refractivity contribution in [1.82, 2.24) is 5.32 Å². The smallest absolute Gasteiger partial charge is 0.126 e. The molecule has 0 amide bonds. The molecule has 1 atom stereocenters. The van der Waals surface area contributed by atoms with E-state index in [-0.39, 0.29) is 17.5 Å². The van der Waals surface area contributed by atoms with Crippen molar-refractivity contribution in [2.24, 2.45) is 0 Å². The standard InChI is InChI=1S/C15H24FNO/c1-11-6-7-13(10-14(11)16)12(2)17-9-8-15(3,4)18-5/h6-7,10,12,17H,8-9H2,1-5H3. The third kappa shape index (κ3) is 4.39. The number of methoxy groups -OCH3 is 1. The Morgan fingerprint density at radius 1 is 1.39 bits per heavy atom. The number of rotatable bonds is 6. The summed E-state index contributed by atoms with van der Waals surface area (Å²) in [7, 11) is 1.72. The average Bonchev–Trinajstić information content (AvgIpc) is 2.32. The Labute approximate surface area is 110 Å². The fraction of sp³-hybridized carbons (Fsp3) is 0.600. The third-order valence-corrected chi connectivity index (χ3v) is 3.43. The Morgan fingerprint density at radius 2 is 2.06 bits per heavy atom. The summed E-state index contributed by atoms with van der Waals surface area (Å²) in [5, 5.41) is 3.39. The van der Waals surface area contributed by atoms with Gasteiger partial charge in [-0.25, -0.2) is 4.39 Å². The number of nitrogens with one attached hydrogen (secondary N) is 1. The van der Waals surface area contributed by atoms with Crippen molar-refractivity contribution in [2.45, 2.75) is 45.8 Å². The first kappa shape index (κ1) is 15.1. The monoisotopic (exact) mass is 253 g/mol.